The molecule has 1 aromatic heterocycles. The molecule has 4 nitrogen and oxygen atoms in total. The lowest BCUT2D eigenvalue weighted by atomic mass is 9.43. The number of halogens is 2. The first-order chi connectivity index (χ1) is 10.1. The van der Waals surface area contributed by atoms with E-state index >= 15 is 0 Å². The minimum absolute atomic E-state index is 0.149. The van der Waals surface area contributed by atoms with Gasteiger partial charge < -0.3 is 4.98 Å². The highest BCUT2D eigenvalue weighted by molar-refractivity contribution is 6.66. The van der Waals surface area contributed by atoms with Crippen molar-refractivity contribution in [2.24, 2.45) is 0 Å². The lowest BCUT2D eigenvalue weighted by molar-refractivity contribution is 0.629. The summed E-state index contributed by atoms with van der Waals surface area (Å²) in [5.41, 5.74) is 1.05. The summed E-state index contributed by atoms with van der Waals surface area (Å²) in [5.74, 6) is 1.84. The Hall–Kier alpha value is -2.13. The predicted octanol–water partition coefficient (Wildman–Crippen LogP) is 2.42. The zero-order chi connectivity index (χ0) is 15.0. The molecule has 1 aliphatic rings. The molecular formula is C14H10BClFN3O. The van der Waals surface area contributed by atoms with Gasteiger partial charge in [-0.2, -0.15) is 0 Å². The number of H-pyrrole nitrogens is 1. The van der Waals surface area contributed by atoms with Crippen LogP contribution in [0.4, 0.5) is 4.39 Å². The Labute approximate surface area is 125 Å². The highest BCUT2D eigenvalue weighted by Crippen LogP contribution is 2.24. The second-order valence-electron chi connectivity index (χ2n) is 5.03. The van der Waals surface area contributed by atoms with Crippen LogP contribution in [0.3, 0.4) is 0 Å². The van der Waals surface area contributed by atoms with Crippen molar-refractivity contribution >= 4 is 18.3 Å². The van der Waals surface area contributed by atoms with Gasteiger partial charge in [0.2, 0.25) is 0 Å². The number of aromatic nitrogens is 2. The van der Waals surface area contributed by atoms with Crippen LogP contribution >= 0.6 is 11.6 Å². The summed E-state index contributed by atoms with van der Waals surface area (Å²) >= 11 is 5.87. The summed E-state index contributed by atoms with van der Waals surface area (Å²) in [6.07, 6.45) is 1.60. The molecule has 104 valence electrons. The molecule has 1 aromatic carbocycles. The molecule has 0 atom stereocenters. The van der Waals surface area contributed by atoms with E-state index in [4.69, 9.17) is 16.9 Å². The molecule has 0 bridgehead atoms. The van der Waals surface area contributed by atoms with Crippen LogP contribution in [0.25, 0.3) is 11.4 Å². The van der Waals surface area contributed by atoms with Crippen LogP contribution in [0.15, 0.2) is 23.0 Å². The smallest absolute Gasteiger partial charge is 0.274 e. The van der Waals surface area contributed by atoms with Crippen LogP contribution in [-0.4, -0.2) is 16.7 Å². The van der Waals surface area contributed by atoms with Crippen molar-refractivity contribution in [3.63, 3.8) is 0 Å². The Balaban J connectivity index is 2.14. The Morgan fingerprint density at radius 3 is 3.05 bits per heavy atom. The summed E-state index contributed by atoms with van der Waals surface area (Å²) in [6, 6.07) is 4.09. The summed E-state index contributed by atoms with van der Waals surface area (Å²) in [4.78, 5) is 19.1. The van der Waals surface area contributed by atoms with Crippen LogP contribution < -0.4 is 5.56 Å². The van der Waals surface area contributed by atoms with Crippen molar-refractivity contribution < 1.29 is 4.39 Å². The van der Waals surface area contributed by atoms with E-state index in [1.54, 1.807) is 0 Å². The van der Waals surface area contributed by atoms with Gasteiger partial charge in [-0.3, -0.25) is 4.79 Å². The topological polar surface area (TPSA) is 69.5 Å². The second-order valence-corrected chi connectivity index (χ2v) is 5.47. The minimum atomic E-state index is -0.504. The van der Waals surface area contributed by atoms with Gasteiger partial charge in [0.1, 0.15) is 11.6 Å². The van der Waals surface area contributed by atoms with Crippen LogP contribution in [0.5, 0.6) is 0 Å². The number of hydrogen-bond donors (Lipinski definition) is 1. The summed E-state index contributed by atoms with van der Waals surface area (Å²) < 4.78 is 13.9. The number of nitriles is 1. The molecular weight excluding hydrogens is 291 g/mol. The van der Waals surface area contributed by atoms with Gasteiger partial charge in [0.05, 0.1) is 5.56 Å². The van der Waals surface area contributed by atoms with E-state index in [-0.39, 0.29) is 23.7 Å². The molecule has 21 heavy (non-hydrogen) atoms. The molecule has 2 aromatic rings. The van der Waals surface area contributed by atoms with E-state index in [2.05, 4.69) is 15.9 Å². The number of aromatic amines is 1. The van der Waals surface area contributed by atoms with Gasteiger partial charge in [-0.1, -0.05) is 17.9 Å². The number of benzene rings is 1. The monoisotopic (exact) mass is 301 g/mol. The van der Waals surface area contributed by atoms with Gasteiger partial charge in [0.25, 0.3) is 12.3 Å². The lowest BCUT2D eigenvalue weighted by Crippen LogP contribution is -2.29. The second kappa shape index (κ2) is 5.34. The summed E-state index contributed by atoms with van der Waals surface area (Å²) in [7, 11) is 0. The van der Waals surface area contributed by atoms with E-state index in [0.717, 1.165) is 0 Å². The van der Waals surface area contributed by atoms with Crippen molar-refractivity contribution in [3.8, 4) is 17.4 Å². The molecule has 0 aliphatic carbocycles. The minimum Gasteiger partial charge on any atom is -0.306 e. The molecule has 1 aliphatic heterocycles. The van der Waals surface area contributed by atoms with Crippen LogP contribution in [0.2, 0.25) is 11.3 Å². The first-order valence-corrected chi connectivity index (χ1v) is 6.93. The fourth-order valence-corrected chi connectivity index (χ4v) is 2.71. The number of fused-ring (bicyclic) bond motifs is 1. The van der Waals surface area contributed by atoms with Crippen molar-refractivity contribution in [2.75, 3.05) is 0 Å². The van der Waals surface area contributed by atoms with E-state index in [1.165, 1.54) is 18.2 Å². The molecule has 0 radical (unpaired) electrons. The molecule has 7 heteroatoms. The first kappa shape index (κ1) is 13.8. The molecule has 2 heterocycles. The number of rotatable bonds is 1. The summed E-state index contributed by atoms with van der Waals surface area (Å²) in [6.45, 7) is -0.149. The zero-order valence-electron chi connectivity index (χ0n) is 11.0. The third-order valence-electron chi connectivity index (χ3n) is 3.65. The highest BCUT2D eigenvalue weighted by atomic mass is 35.5. The standard InChI is InChI=1S/C14H10BClFN3O/c16-8-1-2-11(17)10(5-8)13-19-12-6-15(7-18)4-3-9(12)14(21)20-13/h1-2,5H,3-4,6H2,(H,19,20,21). The van der Waals surface area contributed by atoms with Crippen LogP contribution in [0, 0.1) is 17.0 Å². The zero-order valence-corrected chi connectivity index (χ0v) is 11.7. The Bertz CT molecular complexity index is 815. The van der Waals surface area contributed by atoms with E-state index in [9.17, 15) is 9.18 Å². The normalized spacial score (nSPS) is 13.7. The third kappa shape index (κ3) is 2.57. The van der Waals surface area contributed by atoms with Crippen molar-refractivity contribution in [3.05, 3.63) is 50.7 Å². The Kier molecular flexibility index (Phi) is 3.52. The fraction of sp³-hybridized carbons (Fsp3) is 0.214. The molecule has 0 amide bonds. The van der Waals surface area contributed by atoms with Crippen LogP contribution in [-0.2, 0) is 12.7 Å². The largest absolute Gasteiger partial charge is 0.306 e. The SMILES string of the molecule is N#CB1CCc2c(nc(-c3cc(Cl)ccc3F)[nH]c2=O)C1. The number of nitrogens with zero attached hydrogens (tertiary/aromatic N) is 2. The predicted molar refractivity (Wildman–Crippen MR) is 78.8 cm³/mol. The molecule has 0 saturated carbocycles. The van der Waals surface area contributed by atoms with Gasteiger partial charge in [-0.15, -0.1) is 0 Å². The maximum Gasteiger partial charge on any atom is 0.274 e. The van der Waals surface area contributed by atoms with Crippen LogP contribution in [0.1, 0.15) is 11.3 Å². The number of nitrogens with one attached hydrogen (secondary N) is 1. The molecule has 0 unspecified atom stereocenters. The van der Waals surface area contributed by atoms with Gasteiger partial charge >= 0.3 is 0 Å². The average Bonchev–Trinajstić information content (AvgIpc) is 2.49. The van der Waals surface area contributed by atoms with Gasteiger partial charge in [-0.25, -0.2) is 14.6 Å². The fourth-order valence-electron chi connectivity index (χ4n) is 2.54. The molecule has 0 fully saturated rings. The summed E-state index contributed by atoms with van der Waals surface area (Å²) in [5, 5.41) is 9.37. The maximum atomic E-state index is 13.9. The molecule has 1 N–H and O–H groups in total. The van der Waals surface area contributed by atoms with E-state index < -0.39 is 5.82 Å². The first-order valence-electron chi connectivity index (χ1n) is 6.55. The average molecular weight is 302 g/mol. The van der Waals surface area contributed by atoms with Gasteiger partial charge in [0.15, 0.2) is 0 Å². The van der Waals surface area contributed by atoms with Crippen molar-refractivity contribution in [1.82, 2.24) is 9.97 Å². The molecule has 3 rings (SSSR count). The van der Waals surface area contributed by atoms with Crippen molar-refractivity contribution in [2.45, 2.75) is 19.1 Å². The Morgan fingerprint density at radius 1 is 1.48 bits per heavy atom. The highest BCUT2D eigenvalue weighted by Gasteiger charge is 2.26. The third-order valence-corrected chi connectivity index (χ3v) is 3.88. The number of hydrogen-bond acceptors (Lipinski definition) is 3. The maximum absolute atomic E-state index is 13.9. The quantitative estimate of drug-likeness (QED) is 0.822. The molecule has 0 saturated heterocycles. The molecule has 0 spiro atoms. The van der Waals surface area contributed by atoms with E-state index in [0.29, 0.717) is 35.3 Å². The van der Waals surface area contributed by atoms with Crippen molar-refractivity contribution in [1.29, 1.82) is 5.26 Å². The van der Waals surface area contributed by atoms with Gasteiger partial charge in [0, 0.05) is 22.2 Å². The van der Waals surface area contributed by atoms with E-state index in [1.807, 2.05) is 0 Å². The lowest BCUT2D eigenvalue weighted by Gasteiger charge is -2.16. The Morgan fingerprint density at radius 2 is 2.29 bits per heavy atom. The van der Waals surface area contributed by atoms with Gasteiger partial charge in [-0.05, 0) is 30.9 Å².